The number of allylic oxidation sites excluding steroid dienone is 1. The van der Waals surface area contributed by atoms with E-state index in [1.807, 2.05) is 38.0 Å². The molecular weight excluding hydrogens is 665 g/mol. The number of nitrogens with zero attached hydrogens (tertiary/aromatic N) is 4. The van der Waals surface area contributed by atoms with E-state index in [2.05, 4.69) is 59.4 Å². The maximum Gasteiger partial charge on any atom is 0.265 e. The van der Waals surface area contributed by atoms with Crippen LogP contribution in [0.15, 0.2) is 22.8 Å². The average molecular weight is 723 g/mol. The van der Waals surface area contributed by atoms with E-state index < -0.39 is 43.4 Å². The third-order valence-electron chi connectivity index (χ3n) is 11.2. The summed E-state index contributed by atoms with van der Waals surface area (Å²) in [5.41, 5.74) is 0.320. The van der Waals surface area contributed by atoms with Crippen molar-refractivity contribution >= 4 is 31.5 Å². The van der Waals surface area contributed by atoms with Crippen molar-refractivity contribution in [3.8, 4) is 11.6 Å². The Balaban J connectivity index is 1.82. The summed E-state index contributed by atoms with van der Waals surface area (Å²) in [6.07, 6.45) is 6.38. The topological polar surface area (TPSA) is 127 Å². The largest absolute Gasteiger partial charge is 0.507 e. The van der Waals surface area contributed by atoms with Gasteiger partial charge in [0.2, 0.25) is 11.6 Å². The van der Waals surface area contributed by atoms with Crippen molar-refractivity contribution in [3.63, 3.8) is 0 Å². The van der Waals surface area contributed by atoms with Crippen LogP contribution in [0.3, 0.4) is 0 Å². The number of hydrogen-bond donors (Lipinski definition) is 1. The minimum atomic E-state index is -2.84. The van der Waals surface area contributed by atoms with Crippen molar-refractivity contribution in [2.24, 2.45) is 11.8 Å². The Kier molecular flexibility index (Phi) is 11.0. The molecule has 5 rings (SSSR count). The van der Waals surface area contributed by atoms with E-state index in [-0.39, 0.29) is 27.8 Å². The minimum Gasteiger partial charge on any atom is -0.507 e. The van der Waals surface area contributed by atoms with Gasteiger partial charge >= 0.3 is 0 Å². The Morgan fingerprint density at radius 1 is 1.04 bits per heavy atom. The maximum absolute atomic E-state index is 15.7. The predicted octanol–water partition coefficient (Wildman–Crippen LogP) is 7.51. The number of hydrogen-bond acceptors (Lipinski definition) is 11. The van der Waals surface area contributed by atoms with Crippen molar-refractivity contribution in [2.75, 3.05) is 46.3 Å². The number of aromatic nitrogens is 2. The number of fused-ring (bicyclic) bond motifs is 4. The molecule has 1 fully saturated rings. The fourth-order valence-corrected chi connectivity index (χ4v) is 9.08. The molecule has 0 radical (unpaired) electrons. The van der Waals surface area contributed by atoms with Crippen LogP contribution in [-0.4, -0.2) is 87.0 Å². The predicted molar refractivity (Wildman–Crippen MR) is 201 cm³/mol. The van der Waals surface area contributed by atoms with Crippen molar-refractivity contribution in [1.82, 2.24) is 15.0 Å². The zero-order valence-corrected chi connectivity index (χ0v) is 33.6. The number of Topliss-reactive ketones (excluding diaryl/α,β-unsaturated/α-hetero) is 2. The molecule has 0 aromatic carbocycles. The van der Waals surface area contributed by atoms with Gasteiger partial charge in [-0.3, -0.25) is 14.5 Å². The first-order chi connectivity index (χ1) is 24.0. The molecule has 12 heteroatoms. The highest BCUT2D eigenvalue weighted by Gasteiger charge is 2.69. The lowest BCUT2D eigenvalue weighted by Gasteiger charge is -2.55. The molecule has 0 amide bonds. The van der Waals surface area contributed by atoms with Gasteiger partial charge in [-0.2, -0.15) is 0 Å². The molecular formula is C39H58N4O7Si. The highest BCUT2D eigenvalue weighted by Crippen LogP contribution is 2.59. The summed E-state index contributed by atoms with van der Waals surface area (Å²) in [7, 11) is 4.84. The lowest BCUT2D eigenvalue weighted by atomic mass is 9.57. The van der Waals surface area contributed by atoms with Crippen LogP contribution in [-0.2, 0) is 22.1 Å². The molecule has 2 heterocycles. The highest BCUT2D eigenvalue weighted by atomic mass is 28.4. The monoisotopic (exact) mass is 722 g/mol. The van der Waals surface area contributed by atoms with Crippen LogP contribution in [0.4, 0.5) is 5.82 Å². The van der Waals surface area contributed by atoms with Crippen molar-refractivity contribution in [3.05, 3.63) is 46.4 Å². The molecule has 3 aliphatic rings. The first-order valence-electron chi connectivity index (χ1n) is 18.5. The van der Waals surface area contributed by atoms with E-state index >= 15 is 9.59 Å². The Hall–Kier alpha value is -3.48. The summed E-state index contributed by atoms with van der Waals surface area (Å²) >= 11 is 0. The van der Waals surface area contributed by atoms with Crippen LogP contribution in [0.5, 0.6) is 11.6 Å². The Morgan fingerprint density at radius 3 is 2.25 bits per heavy atom. The standard InChI is InChI=1S/C39H58N4O7Si/c1-13-16-19-47-32-26(18-15-3)40-36(43(9)10)24-21-23-22-25-30(42(7)8)33-29(37(41-49-33)48-20-17-14-2)35(46)39(25,50-51(11,12)38(4,5)6)34(45)27(23)31(44)28(24)32/h15,23,25,30,44H,3,13-14,16-22H2,1-2,4-12H3/t23-,25-,30-,39-/m0/s1. The Bertz CT molecular complexity index is 1710. The summed E-state index contributed by atoms with van der Waals surface area (Å²) in [5.74, 6) is -0.622. The van der Waals surface area contributed by atoms with Gasteiger partial charge in [0.1, 0.15) is 17.1 Å². The van der Waals surface area contributed by atoms with Crippen molar-refractivity contribution < 1.29 is 33.1 Å². The molecule has 3 aliphatic carbocycles. The van der Waals surface area contributed by atoms with Gasteiger partial charge in [-0.15, -0.1) is 6.58 Å². The van der Waals surface area contributed by atoms with Crippen LogP contribution >= 0.6 is 0 Å². The highest BCUT2D eigenvalue weighted by molar-refractivity contribution is 6.74. The van der Waals surface area contributed by atoms with Gasteiger partial charge in [0.25, 0.3) is 5.88 Å². The van der Waals surface area contributed by atoms with Gasteiger partial charge < -0.3 is 28.4 Å². The van der Waals surface area contributed by atoms with Crippen LogP contribution in [0.25, 0.3) is 5.76 Å². The molecule has 1 saturated carbocycles. The van der Waals surface area contributed by atoms with E-state index in [0.717, 1.165) is 31.2 Å². The van der Waals surface area contributed by atoms with Crippen molar-refractivity contribution in [2.45, 2.75) is 109 Å². The number of unbranched alkanes of at least 4 members (excludes halogenated alkanes) is 2. The average Bonchev–Trinajstić information content (AvgIpc) is 3.45. The van der Waals surface area contributed by atoms with Gasteiger partial charge in [0.05, 0.1) is 30.5 Å². The molecule has 2 aromatic rings. The number of rotatable bonds is 14. The fraction of sp³-hybridized carbons (Fsp3) is 0.641. The quantitative estimate of drug-likeness (QED) is 0.0901. The number of ether oxygens (including phenoxy) is 2. The first kappa shape index (κ1) is 38.7. The molecule has 0 spiro atoms. The van der Waals surface area contributed by atoms with Crippen LogP contribution in [0.2, 0.25) is 18.1 Å². The third-order valence-corrected chi connectivity index (χ3v) is 15.7. The SMILES string of the molecule is C=CCc1nc(N(C)C)c2c(c1OCCCC)C(O)=C1C(=O)[C@]3(O[Si](C)(C)C(C)(C)C)C(=O)c4c(OCCCC)noc4[C@@H](N(C)C)[C@@H]3C[C@@H]1C2. The second-order valence-electron chi connectivity index (χ2n) is 16.3. The van der Waals surface area contributed by atoms with Gasteiger partial charge in [0, 0.05) is 37.6 Å². The summed E-state index contributed by atoms with van der Waals surface area (Å²) in [6.45, 7) is 19.2. The maximum atomic E-state index is 15.7. The molecule has 0 aliphatic heterocycles. The number of anilines is 1. The molecule has 1 N–H and O–H groups in total. The van der Waals surface area contributed by atoms with Gasteiger partial charge in [-0.1, -0.05) is 53.5 Å². The summed E-state index contributed by atoms with van der Waals surface area (Å²) in [5, 5.41) is 16.4. The third kappa shape index (κ3) is 6.45. The van der Waals surface area contributed by atoms with Crippen LogP contribution in [0.1, 0.15) is 106 Å². The second-order valence-corrected chi connectivity index (χ2v) is 21.0. The number of pyridine rings is 1. The number of carbonyl (C=O) groups excluding carboxylic acids is 2. The Morgan fingerprint density at radius 2 is 1.69 bits per heavy atom. The number of ketones is 2. The molecule has 0 unspecified atom stereocenters. The smallest absolute Gasteiger partial charge is 0.265 e. The number of carbonyl (C=O) groups is 2. The lowest BCUT2D eigenvalue weighted by Crippen LogP contribution is -2.68. The number of aliphatic hydroxyl groups excluding tert-OH is 1. The first-order valence-corrected chi connectivity index (χ1v) is 21.4. The lowest BCUT2D eigenvalue weighted by molar-refractivity contribution is -0.140. The molecule has 4 atom stereocenters. The summed E-state index contributed by atoms with van der Waals surface area (Å²) in [6, 6.07) is -0.526. The summed E-state index contributed by atoms with van der Waals surface area (Å²) in [4.78, 5) is 40.0. The van der Waals surface area contributed by atoms with E-state index in [9.17, 15) is 5.11 Å². The van der Waals surface area contributed by atoms with E-state index in [4.69, 9.17) is 23.4 Å². The van der Waals surface area contributed by atoms with Gasteiger partial charge in [-0.05, 0) is 69.0 Å². The van der Waals surface area contributed by atoms with E-state index in [0.29, 0.717) is 61.1 Å². The molecule has 2 aromatic heterocycles. The van der Waals surface area contributed by atoms with Crippen molar-refractivity contribution in [1.29, 1.82) is 0 Å². The van der Waals surface area contributed by atoms with Crippen LogP contribution < -0.4 is 14.4 Å². The molecule has 11 nitrogen and oxygen atoms in total. The second kappa shape index (κ2) is 14.5. The van der Waals surface area contributed by atoms with E-state index in [1.165, 1.54) is 0 Å². The molecule has 0 bridgehead atoms. The van der Waals surface area contributed by atoms with Gasteiger partial charge in [-0.25, -0.2) is 4.98 Å². The van der Waals surface area contributed by atoms with Gasteiger partial charge in [0.15, 0.2) is 25.4 Å². The van der Waals surface area contributed by atoms with E-state index in [1.54, 1.807) is 6.08 Å². The zero-order valence-electron chi connectivity index (χ0n) is 32.6. The Labute approximate surface area is 304 Å². The van der Waals surface area contributed by atoms with Crippen LogP contribution in [0, 0.1) is 11.8 Å². The minimum absolute atomic E-state index is 0.0800. The molecule has 280 valence electrons. The number of aliphatic hydroxyl groups is 1. The normalized spacial score (nSPS) is 23.1. The summed E-state index contributed by atoms with van der Waals surface area (Å²) < 4.78 is 25.7. The molecule has 0 saturated heterocycles. The fourth-order valence-electron chi connectivity index (χ4n) is 7.63. The molecule has 51 heavy (non-hydrogen) atoms. The zero-order chi connectivity index (χ0) is 37.6.